The van der Waals surface area contributed by atoms with Crippen molar-refractivity contribution in [2.45, 2.75) is 6.92 Å². The summed E-state index contributed by atoms with van der Waals surface area (Å²) >= 11 is 0. The molecule has 2 aromatic carbocycles. The number of amides is 1. The van der Waals surface area contributed by atoms with Gasteiger partial charge in [-0.1, -0.05) is 6.07 Å². The van der Waals surface area contributed by atoms with Gasteiger partial charge in [-0.15, -0.1) is 0 Å². The maximum Gasteiger partial charge on any atom is 0.269 e. The lowest BCUT2D eigenvalue weighted by molar-refractivity contribution is 0.0962. The van der Waals surface area contributed by atoms with Crippen LogP contribution in [0.1, 0.15) is 17.3 Å². The number of anilines is 1. The summed E-state index contributed by atoms with van der Waals surface area (Å²) < 4.78 is 32.0. The number of carbonyl (C=O) groups is 1. The van der Waals surface area contributed by atoms with Crippen LogP contribution >= 0.6 is 0 Å². The molecule has 4 nitrogen and oxygen atoms in total. The van der Waals surface area contributed by atoms with Gasteiger partial charge in [0, 0.05) is 5.56 Å². The van der Waals surface area contributed by atoms with E-state index in [9.17, 15) is 13.6 Å². The van der Waals surface area contributed by atoms with Crippen molar-refractivity contribution in [2.75, 3.05) is 12.0 Å². The first-order valence-corrected chi connectivity index (χ1v) is 6.35. The average molecular weight is 292 g/mol. The molecule has 0 spiro atoms. The Labute approximate surface area is 120 Å². The van der Waals surface area contributed by atoms with Gasteiger partial charge in [0.25, 0.3) is 5.91 Å². The molecule has 0 radical (unpaired) electrons. The normalized spacial score (nSPS) is 10.0. The minimum Gasteiger partial charge on any atom is -0.494 e. The summed E-state index contributed by atoms with van der Waals surface area (Å²) in [6.45, 7) is 2.38. The van der Waals surface area contributed by atoms with Gasteiger partial charge in [0.15, 0.2) is 11.6 Å². The van der Waals surface area contributed by atoms with E-state index in [2.05, 4.69) is 10.9 Å². The summed E-state index contributed by atoms with van der Waals surface area (Å²) in [5, 5.41) is 0. The Bertz CT molecular complexity index is 610. The third-order valence-electron chi connectivity index (χ3n) is 2.69. The number of benzene rings is 2. The second-order valence-corrected chi connectivity index (χ2v) is 4.13. The van der Waals surface area contributed by atoms with Gasteiger partial charge in [0.2, 0.25) is 0 Å². The van der Waals surface area contributed by atoms with Crippen LogP contribution < -0.4 is 15.6 Å². The fourth-order valence-corrected chi connectivity index (χ4v) is 1.68. The van der Waals surface area contributed by atoms with Crippen molar-refractivity contribution in [1.82, 2.24) is 5.43 Å². The molecule has 110 valence electrons. The van der Waals surface area contributed by atoms with Gasteiger partial charge >= 0.3 is 0 Å². The van der Waals surface area contributed by atoms with Crippen molar-refractivity contribution in [3.63, 3.8) is 0 Å². The van der Waals surface area contributed by atoms with Crippen LogP contribution in [0.5, 0.6) is 5.75 Å². The molecule has 0 aliphatic carbocycles. The van der Waals surface area contributed by atoms with E-state index >= 15 is 0 Å². The van der Waals surface area contributed by atoms with Crippen molar-refractivity contribution in [2.24, 2.45) is 0 Å². The van der Waals surface area contributed by atoms with Gasteiger partial charge in [0.1, 0.15) is 11.4 Å². The third-order valence-corrected chi connectivity index (χ3v) is 2.69. The Morgan fingerprint density at radius 3 is 2.29 bits per heavy atom. The zero-order valence-corrected chi connectivity index (χ0v) is 11.3. The Kier molecular flexibility index (Phi) is 4.71. The van der Waals surface area contributed by atoms with Crippen LogP contribution in [-0.4, -0.2) is 12.5 Å². The summed E-state index contributed by atoms with van der Waals surface area (Å²) in [6.07, 6.45) is 0. The van der Waals surface area contributed by atoms with E-state index in [0.717, 1.165) is 12.1 Å². The van der Waals surface area contributed by atoms with Crippen molar-refractivity contribution in [3.05, 3.63) is 59.7 Å². The highest BCUT2D eigenvalue weighted by Gasteiger charge is 2.10. The van der Waals surface area contributed by atoms with E-state index in [1.54, 1.807) is 24.3 Å². The highest BCUT2D eigenvalue weighted by atomic mass is 19.1. The minimum absolute atomic E-state index is 0.336. The molecule has 2 rings (SSSR count). The predicted molar refractivity (Wildman–Crippen MR) is 75.1 cm³/mol. The van der Waals surface area contributed by atoms with Gasteiger partial charge < -0.3 is 4.74 Å². The first kappa shape index (κ1) is 14.8. The number of ether oxygens (including phenoxy) is 1. The second-order valence-electron chi connectivity index (χ2n) is 4.13. The first-order chi connectivity index (χ1) is 10.1. The molecule has 0 bridgehead atoms. The quantitative estimate of drug-likeness (QED) is 0.832. The molecule has 0 aliphatic heterocycles. The van der Waals surface area contributed by atoms with Gasteiger partial charge in [-0.25, -0.2) is 8.78 Å². The van der Waals surface area contributed by atoms with Crippen LogP contribution in [0, 0.1) is 11.6 Å². The van der Waals surface area contributed by atoms with Crippen molar-refractivity contribution >= 4 is 11.6 Å². The monoisotopic (exact) mass is 292 g/mol. The number of rotatable bonds is 5. The molecule has 0 atom stereocenters. The Hall–Kier alpha value is -2.63. The molecule has 2 N–H and O–H groups in total. The Morgan fingerprint density at radius 1 is 1.10 bits per heavy atom. The van der Waals surface area contributed by atoms with Gasteiger partial charge in [-0.05, 0) is 43.3 Å². The second kappa shape index (κ2) is 6.69. The maximum absolute atomic E-state index is 13.4. The maximum atomic E-state index is 13.4. The molecule has 2 aromatic rings. The molecule has 0 aromatic heterocycles. The molecule has 0 saturated carbocycles. The molecule has 1 amide bonds. The van der Waals surface area contributed by atoms with Crippen LogP contribution in [-0.2, 0) is 0 Å². The fourth-order valence-electron chi connectivity index (χ4n) is 1.68. The Balaban J connectivity index is 2.01. The van der Waals surface area contributed by atoms with E-state index in [1.165, 1.54) is 6.07 Å². The molecule has 0 saturated heterocycles. The molecule has 0 fully saturated rings. The van der Waals surface area contributed by atoms with E-state index in [1.807, 2.05) is 6.92 Å². The van der Waals surface area contributed by atoms with Crippen LogP contribution in [0.2, 0.25) is 0 Å². The topological polar surface area (TPSA) is 50.4 Å². The largest absolute Gasteiger partial charge is 0.494 e. The Morgan fingerprint density at radius 2 is 1.71 bits per heavy atom. The molecule has 21 heavy (non-hydrogen) atoms. The summed E-state index contributed by atoms with van der Waals surface area (Å²) in [5.41, 5.74) is 4.41. The lowest BCUT2D eigenvalue weighted by Crippen LogP contribution is -2.30. The highest BCUT2D eigenvalue weighted by Crippen LogP contribution is 2.17. The number of nitrogens with one attached hydrogen (secondary N) is 2. The number of hydrogen-bond donors (Lipinski definition) is 2. The molecule has 0 unspecified atom stereocenters. The van der Waals surface area contributed by atoms with Crippen LogP contribution in [0.25, 0.3) is 0 Å². The first-order valence-electron chi connectivity index (χ1n) is 6.35. The molecular weight excluding hydrogens is 278 g/mol. The minimum atomic E-state index is -0.790. The smallest absolute Gasteiger partial charge is 0.269 e. The molecule has 0 heterocycles. The average Bonchev–Trinajstić information content (AvgIpc) is 2.47. The van der Waals surface area contributed by atoms with Gasteiger partial charge in [-0.3, -0.25) is 15.6 Å². The van der Waals surface area contributed by atoms with Crippen molar-refractivity contribution in [1.29, 1.82) is 0 Å². The number of para-hydroxylation sites is 1. The van der Waals surface area contributed by atoms with E-state index in [4.69, 9.17) is 4.74 Å². The number of carbonyl (C=O) groups excluding carboxylic acids is 1. The standard InChI is InChI=1S/C15H14F2N2O2/c1-2-21-11-8-6-10(7-9-11)15(20)19-18-14-12(16)4-3-5-13(14)17/h3-9,18H,2H2,1H3,(H,19,20). The van der Waals surface area contributed by atoms with Crippen molar-refractivity contribution in [3.8, 4) is 5.75 Å². The molecular formula is C15H14F2N2O2. The fraction of sp³-hybridized carbons (Fsp3) is 0.133. The van der Waals surface area contributed by atoms with E-state index in [0.29, 0.717) is 17.9 Å². The number of hydrazine groups is 1. The molecule has 6 heteroatoms. The van der Waals surface area contributed by atoms with Crippen LogP contribution in [0.4, 0.5) is 14.5 Å². The SMILES string of the molecule is CCOc1ccc(C(=O)NNc2c(F)cccc2F)cc1. The van der Waals surface area contributed by atoms with Crippen LogP contribution in [0.3, 0.4) is 0 Å². The third kappa shape index (κ3) is 3.68. The zero-order valence-electron chi connectivity index (χ0n) is 11.3. The number of halogens is 2. The summed E-state index contributed by atoms with van der Waals surface area (Å²) in [7, 11) is 0. The highest BCUT2D eigenvalue weighted by molar-refractivity contribution is 5.95. The molecule has 0 aliphatic rings. The van der Waals surface area contributed by atoms with Crippen LogP contribution in [0.15, 0.2) is 42.5 Å². The zero-order chi connectivity index (χ0) is 15.2. The van der Waals surface area contributed by atoms with Gasteiger partial charge in [-0.2, -0.15) is 0 Å². The van der Waals surface area contributed by atoms with Gasteiger partial charge in [0.05, 0.1) is 6.61 Å². The van der Waals surface area contributed by atoms with E-state index < -0.39 is 23.2 Å². The lowest BCUT2D eigenvalue weighted by Gasteiger charge is -2.10. The predicted octanol–water partition coefficient (Wildman–Crippen LogP) is 3.12. The summed E-state index contributed by atoms with van der Waals surface area (Å²) in [4.78, 5) is 11.9. The lowest BCUT2D eigenvalue weighted by atomic mass is 10.2. The summed E-state index contributed by atoms with van der Waals surface area (Å²) in [5.74, 6) is -1.45. The van der Waals surface area contributed by atoms with E-state index in [-0.39, 0.29) is 0 Å². The number of hydrogen-bond acceptors (Lipinski definition) is 3. The summed E-state index contributed by atoms with van der Waals surface area (Å²) in [6, 6.07) is 9.82. The van der Waals surface area contributed by atoms with Crippen molar-refractivity contribution < 1.29 is 18.3 Å².